The number of esters is 1. The number of oxazole rings is 1. The predicted octanol–water partition coefficient (Wildman–Crippen LogP) is 2.88. The first-order valence-electron chi connectivity index (χ1n) is 8.67. The maximum absolute atomic E-state index is 12.4. The highest BCUT2D eigenvalue weighted by Crippen LogP contribution is 2.29. The van der Waals surface area contributed by atoms with Crippen LogP contribution in [0, 0.1) is 0 Å². The third-order valence-corrected chi connectivity index (χ3v) is 5.19. The molecule has 3 aromatic rings. The molecule has 1 atom stereocenters. The molecule has 0 aliphatic heterocycles. The lowest BCUT2D eigenvalue weighted by molar-refractivity contribution is -0.145. The van der Waals surface area contributed by atoms with E-state index in [-0.39, 0.29) is 17.4 Å². The Morgan fingerprint density at radius 2 is 1.89 bits per heavy atom. The highest BCUT2D eigenvalue weighted by molar-refractivity contribution is 7.89. The highest BCUT2D eigenvalue weighted by atomic mass is 32.2. The molecular formula is C20H20N2O5S. The number of carbonyl (C=O) groups is 1. The second-order valence-corrected chi connectivity index (χ2v) is 7.67. The van der Waals surface area contributed by atoms with Crippen molar-refractivity contribution < 1.29 is 22.4 Å². The van der Waals surface area contributed by atoms with E-state index in [2.05, 4.69) is 4.98 Å². The number of hydrogen-bond donors (Lipinski definition) is 1. The van der Waals surface area contributed by atoms with Crippen molar-refractivity contribution in [3.8, 4) is 11.1 Å². The SMILES string of the molecule is CCOC(=O)C(Cc1ccccc1-c1ccc(S(N)(=O)=O)cc1)c1ncco1. The Bertz CT molecular complexity index is 1040. The maximum Gasteiger partial charge on any atom is 0.318 e. The monoisotopic (exact) mass is 400 g/mol. The summed E-state index contributed by atoms with van der Waals surface area (Å²) in [5.41, 5.74) is 2.55. The van der Waals surface area contributed by atoms with Gasteiger partial charge < -0.3 is 9.15 Å². The largest absolute Gasteiger partial charge is 0.465 e. The fourth-order valence-corrected chi connectivity index (χ4v) is 3.46. The molecule has 0 bridgehead atoms. The molecule has 0 amide bonds. The van der Waals surface area contributed by atoms with Crippen molar-refractivity contribution in [2.24, 2.45) is 5.14 Å². The van der Waals surface area contributed by atoms with Crippen molar-refractivity contribution in [2.45, 2.75) is 24.2 Å². The lowest BCUT2D eigenvalue weighted by atomic mass is 9.92. The number of hydrogen-bond acceptors (Lipinski definition) is 6. The van der Waals surface area contributed by atoms with Crippen molar-refractivity contribution in [1.82, 2.24) is 4.98 Å². The van der Waals surface area contributed by atoms with E-state index in [1.807, 2.05) is 24.3 Å². The van der Waals surface area contributed by atoms with Gasteiger partial charge >= 0.3 is 5.97 Å². The van der Waals surface area contributed by atoms with Gasteiger partial charge in [-0.15, -0.1) is 0 Å². The van der Waals surface area contributed by atoms with Gasteiger partial charge in [0.25, 0.3) is 0 Å². The third kappa shape index (κ3) is 4.47. The van der Waals surface area contributed by atoms with Gasteiger partial charge in [-0.25, -0.2) is 18.5 Å². The summed E-state index contributed by atoms with van der Waals surface area (Å²) in [6.07, 6.45) is 3.23. The Hall–Kier alpha value is -2.97. The predicted molar refractivity (Wildman–Crippen MR) is 103 cm³/mol. The molecule has 3 rings (SSSR count). The first-order valence-corrected chi connectivity index (χ1v) is 10.2. The number of benzene rings is 2. The molecule has 0 spiro atoms. The summed E-state index contributed by atoms with van der Waals surface area (Å²) in [5, 5.41) is 5.16. The van der Waals surface area contributed by atoms with E-state index in [1.54, 1.807) is 19.1 Å². The van der Waals surface area contributed by atoms with Crippen LogP contribution in [0.4, 0.5) is 0 Å². The number of ether oxygens (including phenoxy) is 1. The second kappa shape index (κ2) is 8.37. The normalized spacial score (nSPS) is 12.5. The number of primary sulfonamides is 1. The van der Waals surface area contributed by atoms with Crippen molar-refractivity contribution in [3.05, 3.63) is 72.4 Å². The van der Waals surface area contributed by atoms with Crippen LogP contribution in [0.15, 0.2) is 70.3 Å². The molecule has 1 heterocycles. The van der Waals surface area contributed by atoms with Crippen LogP contribution in [0.25, 0.3) is 11.1 Å². The van der Waals surface area contributed by atoms with Crippen LogP contribution in [0.5, 0.6) is 0 Å². The van der Waals surface area contributed by atoms with Crippen molar-refractivity contribution in [2.75, 3.05) is 6.61 Å². The Morgan fingerprint density at radius 1 is 1.18 bits per heavy atom. The molecule has 0 saturated heterocycles. The summed E-state index contributed by atoms with van der Waals surface area (Å²) in [6.45, 7) is 2.00. The number of aromatic nitrogens is 1. The smallest absolute Gasteiger partial charge is 0.318 e. The fourth-order valence-electron chi connectivity index (χ4n) is 2.94. The zero-order chi connectivity index (χ0) is 20.1. The van der Waals surface area contributed by atoms with E-state index in [0.29, 0.717) is 6.42 Å². The molecule has 0 aliphatic rings. The fraction of sp³-hybridized carbons (Fsp3) is 0.200. The van der Waals surface area contributed by atoms with Gasteiger partial charge in [-0.05, 0) is 42.2 Å². The molecule has 0 saturated carbocycles. The average molecular weight is 400 g/mol. The van der Waals surface area contributed by atoms with Crippen LogP contribution in [-0.2, 0) is 26.0 Å². The van der Waals surface area contributed by atoms with Crippen LogP contribution >= 0.6 is 0 Å². The van der Waals surface area contributed by atoms with Gasteiger partial charge in [0.1, 0.15) is 12.2 Å². The Labute approximate surface area is 163 Å². The molecule has 2 aromatic carbocycles. The number of rotatable bonds is 7. The van der Waals surface area contributed by atoms with E-state index in [4.69, 9.17) is 14.3 Å². The number of carbonyl (C=O) groups excluding carboxylic acids is 1. The first-order chi connectivity index (χ1) is 13.4. The molecule has 146 valence electrons. The molecule has 7 nitrogen and oxygen atoms in total. The van der Waals surface area contributed by atoms with Gasteiger partial charge in [0.2, 0.25) is 15.9 Å². The van der Waals surface area contributed by atoms with E-state index < -0.39 is 21.9 Å². The highest BCUT2D eigenvalue weighted by Gasteiger charge is 2.27. The minimum absolute atomic E-state index is 0.0397. The van der Waals surface area contributed by atoms with E-state index in [0.717, 1.165) is 16.7 Å². The van der Waals surface area contributed by atoms with Crippen LogP contribution in [0.3, 0.4) is 0 Å². The van der Waals surface area contributed by atoms with Gasteiger partial charge in [0.15, 0.2) is 0 Å². The Balaban J connectivity index is 1.96. The molecule has 2 N–H and O–H groups in total. The maximum atomic E-state index is 12.4. The zero-order valence-electron chi connectivity index (χ0n) is 15.2. The Kier molecular flexibility index (Phi) is 5.91. The second-order valence-electron chi connectivity index (χ2n) is 6.11. The minimum Gasteiger partial charge on any atom is -0.465 e. The molecule has 28 heavy (non-hydrogen) atoms. The molecule has 0 aliphatic carbocycles. The van der Waals surface area contributed by atoms with Crippen LogP contribution in [0.2, 0.25) is 0 Å². The number of nitrogens with zero attached hydrogens (tertiary/aromatic N) is 1. The molecule has 1 aromatic heterocycles. The summed E-state index contributed by atoms with van der Waals surface area (Å²) < 4.78 is 33.5. The van der Waals surface area contributed by atoms with E-state index in [9.17, 15) is 13.2 Å². The first kappa shape index (κ1) is 19.8. The van der Waals surface area contributed by atoms with Crippen LogP contribution in [-0.4, -0.2) is 26.0 Å². The molecule has 0 radical (unpaired) electrons. The van der Waals surface area contributed by atoms with Gasteiger partial charge in [0, 0.05) is 0 Å². The molecule has 8 heteroatoms. The van der Waals surface area contributed by atoms with Gasteiger partial charge in [0.05, 0.1) is 17.7 Å². The van der Waals surface area contributed by atoms with Crippen LogP contribution in [0.1, 0.15) is 24.3 Å². The summed E-state index contributed by atoms with van der Waals surface area (Å²) in [6, 6.07) is 13.8. The topological polar surface area (TPSA) is 112 Å². The van der Waals surface area contributed by atoms with Gasteiger partial charge in [-0.3, -0.25) is 4.79 Å². The van der Waals surface area contributed by atoms with E-state index >= 15 is 0 Å². The summed E-state index contributed by atoms with van der Waals surface area (Å²) >= 11 is 0. The van der Waals surface area contributed by atoms with Gasteiger partial charge in [-0.1, -0.05) is 36.4 Å². The molecule has 1 unspecified atom stereocenters. The molecule has 0 fully saturated rings. The lowest BCUT2D eigenvalue weighted by Gasteiger charge is -2.15. The van der Waals surface area contributed by atoms with Crippen molar-refractivity contribution in [3.63, 3.8) is 0 Å². The summed E-state index contributed by atoms with van der Waals surface area (Å²) in [4.78, 5) is 16.6. The summed E-state index contributed by atoms with van der Waals surface area (Å²) in [5.74, 6) is -0.804. The number of sulfonamides is 1. The minimum atomic E-state index is -3.76. The third-order valence-electron chi connectivity index (χ3n) is 4.26. The standard InChI is InChI=1S/C20H20N2O5S/c1-2-26-20(23)18(19-22-11-12-27-19)13-15-5-3-4-6-17(15)14-7-9-16(10-8-14)28(21,24)25/h3-12,18H,2,13H2,1H3,(H2,21,24,25). The van der Waals surface area contributed by atoms with Crippen molar-refractivity contribution >= 4 is 16.0 Å². The van der Waals surface area contributed by atoms with E-state index in [1.165, 1.54) is 24.6 Å². The molecular weight excluding hydrogens is 380 g/mol. The quantitative estimate of drug-likeness (QED) is 0.610. The lowest BCUT2D eigenvalue weighted by Crippen LogP contribution is -2.19. The number of nitrogens with two attached hydrogens (primary N) is 1. The zero-order valence-corrected chi connectivity index (χ0v) is 16.1. The summed E-state index contributed by atoms with van der Waals surface area (Å²) in [7, 11) is -3.76. The van der Waals surface area contributed by atoms with Gasteiger partial charge in [-0.2, -0.15) is 0 Å². The van der Waals surface area contributed by atoms with Crippen molar-refractivity contribution in [1.29, 1.82) is 0 Å². The van der Waals surface area contributed by atoms with Crippen LogP contribution < -0.4 is 5.14 Å². The Morgan fingerprint density at radius 3 is 2.50 bits per heavy atom. The average Bonchev–Trinajstić information content (AvgIpc) is 3.20.